The van der Waals surface area contributed by atoms with E-state index in [1.807, 2.05) is 33.8 Å². The number of nitrogens with one attached hydrogen (secondary N) is 2. The molecule has 0 saturated heterocycles. The SMILES string of the molecule is CCCn1c(SCC(=O)Nc2cc(C)nn2-c2nc(C)cc(C)n2)n[nH]c1=O. The van der Waals surface area contributed by atoms with Crippen LogP contribution in [0.2, 0.25) is 0 Å². The number of aromatic amines is 1. The maximum atomic E-state index is 12.4. The van der Waals surface area contributed by atoms with Crippen LogP contribution in [-0.4, -0.2) is 46.2 Å². The van der Waals surface area contributed by atoms with E-state index in [0.717, 1.165) is 23.5 Å². The van der Waals surface area contributed by atoms with Crippen molar-refractivity contribution in [3.63, 3.8) is 0 Å². The van der Waals surface area contributed by atoms with E-state index in [-0.39, 0.29) is 17.3 Å². The van der Waals surface area contributed by atoms with Crippen LogP contribution < -0.4 is 11.0 Å². The minimum atomic E-state index is -0.273. The number of H-pyrrole nitrogens is 1. The van der Waals surface area contributed by atoms with Crippen LogP contribution in [0.5, 0.6) is 0 Å². The van der Waals surface area contributed by atoms with E-state index in [1.165, 1.54) is 21.0 Å². The topological polar surface area (TPSA) is 123 Å². The second kappa shape index (κ2) is 8.38. The van der Waals surface area contributed by atoms with Crippen LogP contribution in [0.25, 0.3) is 5.95 Å². The minimum absolute atomic E-state index is 0.103. The minimum Gasteiger partial charge on any atom is -0.310 e. The van der Waals surface area contributed by atoms with Gasteiger partial charge in [-0.05, 0) is 33.3 Å². The van der Waals surface area contributed by atoms with Gasteiger partial charge < -0.3 is 5.32 Å². The Kier molecular flexibility index (Phi) is 5.93. The van der Waals surface area contributed by atoms with E-state index in [0.29, 0.717) is 23.5 Å². The van der Waals surface area contributed by atoms with Gasteiger partial charge in [-0.2, -0.15) is 9.78 Å². The molecule has 11 heteroatoms. The van der Waals surface area contributed by atoms with Crippen molar-refractivity contribution in [2.24, 2.45) is 0 Å². The second-order valence-electron chi connectivity index (χ2n) is 6.33. The molecule has 0 aliphatic rings. The van der Waals surface area contributed by atoms with Crippen molar-refractivity contribution in [3.8, 4) is 5.95 Å². The molecule has 0 aliphatic heterocycles. The molecule has 2 N–H and O–H groups in total. The Morgan fingerprint density at radius 3 is 2.57 bits per heavy atom. The van der Waals surface area contributed by atoms with Crippen molar-refractivity contribution < 1.29 is 4.79 Å². The van der Waals surface area contributed by atoms with E-state index < -0.39 is 0 Å². The average molecular weight is 402 g/mol. The van der Waals surface area contributed by atoms with Gasteiger partial charge in [0.1, 0.15) is 5.82 Å². The zero-order valence-electron chi connectivity index (χ0n) is 16.2. The van der Waals surface area contributed by atoms with E-state index in [4.69, 9.17) is 0 Å². The first kappa shape index (κ1) is 19.8. The maximum Gasteiger partial charge on any atom is 0.343 e. The summed E-state index contributed by atoms with van der Waals surface area (Å²) in [5.41, 5.74) is 2.09. The van der Waals surface area contributed by atoms with Crippen molar-refractivity contribution in [2.45, 2.75) is 45.8 Å². The third kappa shape index (κ3) is 4.47. The summed E-state index contributed by atoms with van der Waals surface area (Å²) in [4.78, 5) is 33.0. The number of rotatable bonds is 7. The van der Waals surface area contributed by atoms with Crippen molar-refractivity contribution in [2.75, 3.05) is 11.1 Å². The molecule has 0 spiro atoms. The van der Waals surface area contributed by atoms with Gasteiger partial charge in [-0.25, -0.2) is 19.9 Å². The first-order valence-electron chi connectivity index (χ1n) is 8.84. The van der Waals surface area contributed by atoms with Gasteiger partial charge in [0.25, 0.3) is 5.95 Å². The zero-order valence-corrected chi connectivity index (χ0v) is 17.0. The molecule has 3 aromatic heterocycles. The molecular formula is C17H22N8O2S. The quantitative estimate of drug-likeness (QED) is 0.576. The summed E-state index contributed by atoms with van der Waals surface area (Å²) in [6.07, 6.45) is 0.799. The first-order chi connectivity index (χ1) is 13.4. The number of thioether (sulfide) groups is 1. The molecule has 1 amide bonds. The fourth-order valence-corrected chi connectivity index (χ4v) is 3.46. The standard InChI is InChI=1S/C17H22N8O2S/c1-5-6-24-16(27)21-22-17(24)28-9-14(26)20-13-8-12(4)23-25(13)15-18-10(2)7-11(3)19-15/h7-8H,5-6,9H2,1-4H3,(H,20,26)(H,21,27). The number of anilines is 1. The molecule has 0 fully saturated rings. The fourth-order valence-electron chi connectivity index (χ4n) is 2.69. The maximum absolute atomic E-state index is 12.4. The van der Waals surface area contributed by atoms with Gasteiger partial charge in [-0.1, -0.05) is 18.7 Å². The van der Waals surface area contributed by atoms with Crippen LogP contribution in [-0.2, 0) is 11.3 Å². The molecule has 10 nitrogen and oxygen atoms in total. The summed E-state index contributed by atoms with van der Waals surface area (Å²) in [6, 6.07) is 3.62. The van der Waals surface area contributed by atoms with Crippen LogP contribution >= 0.6 is 11.8 Å². The van der Waals surface area contributed by atoms with Crippen molar-refractivity contribution in [1.29, 1.82) is 0 Å². The molecule has 0 bridgehead atoms. The van der Waals surface area contributed by atoms with Crippen LogP contribution in [0.1, 0.15) is 30.4 Å². The lowest BCUT2D eigenvalue weighted by Gasteiger charge is -2.09. The number of carbonyl (C=O) groups excluding carboxylic acids is 1. The molecule has 0 radical (unpaired) electrons. The Bertz CT molecular complexity index is 1030. The Morgan fingerprint density at radius 2 is 1.89 bits per heavy atom. The number of aromatic nitrogens is 7. The van der Waals surface area contributed by atoms with Crippen LogP contribution in [0, 0.1) is 20.8 Å². The van der Waals surface area contributed by atoms with E-state index in [9.17, 15) is 9.59 Å². The summed E-state index contributed by atoms with van der Waals surface area (Å²) in [5, 5.41) is 14.1. The van der Waals surface area contributed by atoms with Crippen LogP contribution in [0.3, 0.4) is 0 Å². The number of aryl methyl sites for hydroxylation is 3. The van der Waals surface area contributed by atoms with Gasteiger partial charge in [0.05, 0.1) is 11.4 Å². The third-order valence-corrected chi connectivity index (χ3v) is 4.74. The highest BCUT2D eigenvalue weighted by Crippen LogP contribution is 2.17. The predicted molar refractivity (Wildman–Crippen MR) is 106 cm³/mol. The third-order valence-electron chi connectivity index (χ3n) is 3.76. The van der Waals surface area contributed by atoms with Gasteiger partial charge in [-0.3, -0.25) is 9.36 Å². The average Bonchev–Trinajstić information content (AvgIpc) is 3.16. The van der Waals surface area contributed by atoms with E-state index in [1.54, 1.807) is 6.07 Å². The number of carbonyl (C=O) groups is 1. The molecule has 28 heavy (non-hydrogen) atoms. The smallest absolute Gasteiger partial charge is 0.310 e. The molecule has 0 aliphatic carbocycles. The Balaban J connectivity index is 1.74. The number of hydrogen-bond acceptors (Lipinski definition) is 7. The van der Waals surface area contributed by atoms with Crippen molar-refractivity contribution in [3.05, 3.63) is 39.7 Å². The highest BCUT2D eigenvalue weighted by Gasteiger charge is 2.15. The lowest BCUT2D eigenvalue weighted by atomic mass is 10.4. The lowest BCUT2D eigenvalue weighted by molar-refractivity contribution is -0.113. The van der Waals surface area contributed by atoms with Gasteiger partial charge in [0.2, 0.25) is 5.91 Å². The molecule has 3 heterocycles. The molecular weight excluding hydrogens is 380 g/mol. The first-order valence-corrected chi connectivity index (χ1v) is 9.83. The number of nitrogens with zero attached hydrogens (tertiary/aromatic N) is 6. The predicted octanol–water partition coefficient (Wildman–Crippen LogP) is 1.61. The normalized spacial score (nSPS) is 11.0. The van der Waals surface area contributed by atoms with Crippen LogP contribution in [0.4, 0.5) is 5.82 Å². The van der Waals surface area contributed by atoms with Gasteiger partial charge in [-0.15, -0.1) is 5.10 Å². The van der Waals surface area contributed by atoms with Gasteiger partial charge in [0, 0.05) is 24.0 Å². The lowest BCUT2D eigenvalue weighted by Crippen LogP contribution is -2.20. The number of hydrogen-bond donors (Lipinski definition) is 2. The van der Waals surface area contributed by atoms with Gasteiger partial charge in [0.15, 0.2) is 5.16 Å². The Morgan fingerprint density at radius 1 is 1.18 bits per heavy atom. The zero-order chi connectivity index (χ0) is 20.3. The molecule has 0 aromatic carbocycles. The summed E-state index contributed by atoms with van der Waals surface area (Å²) in [5.74, 6) is 0.749. The van der Waals surface area contributed by atoms with Gasteiger partial charge >= 0.3 is 5.69 Å². The molecule has 0 atom stereocenters. The monoisotopic (exact) mass is 402 g/mol. The van der Waals surface area contributed by atoms with Crippen molar-refractivity contribution in [1.82, 2.24) is 34.5 Å². The van der Waals surface area contributed by atoms with Crippen LogP contribution in [0.15, 0.2) is 22.1 Å². The highest BCUT2D eigenvalue weighted by atomic mass is 32.2. The number of amides is 1. The van der Waals surface area contributed by atoms with E-state index >= 15 is 0 Å². The van der Waals surface area contributed by atoms with Crippen molar-refractivity contribution >= 4 is 23.5 Å². The largest absolute Gasteiger partial charge is 0.343 e. The summed E-state index contributed by atoms with van der Waals surface area (Å²) < 4.78 is 3.04. The summed E-state index contributed by atoms with van der Waals surface area (Å²) in [6.45, 7) is 8.11. The summed E-state index contributed by atoms with van der Waals surface area (Å²) in [7, 11) is 0. The molecule has 3 rings (SSSR count). The molecule has 0 unspecified atom stereocenters. The Labute approximate surface area is 165 Å². The molecule has 148 valence electrons. The summed E-state index contributed by atoms with van der Waals surface area (Å²) >= 11 is 1.20. The highest BCUT2D eigenvalue weighted by molar-refractivity contribution is 7.99. The Hall–Kier alpha value is -2.95. The second-order valence-corrected chi connectivity index (χ2v) is 7.28. The van der Waals surface area contributed by atoms with E-state index in [2.05, 4.69) is 30.6 Å². The fraction of sp³-hybridized carbons (Fsp3) is 0.412. The molecule has 3 aromatic rings. The molecule has 0 saturated carbocycles.